The molecular formula is C14H16N2O2. The van der Waals surface area contributed by atoms with Crippen molar-refractivity contribution in [1.29, 1.82) is 0 Å². The molecule has 0 aliphatic heterocycles. The summed E-state index contributed by atoms with van der Waals surface area (Å²) in [5.41, 5.74) is 1.78. The molecule has 4 nitrogen and oxygen atoms in total. The van der Waals surface area contributed by atoms with Crippen molar-refractivity contribution in [3.8, 4) is 0 Å². The summed E-state index contributed by atoms with van der Waals surface area (Å²) in [6, 6.07) is 2.04. The number of allylic oxidation sites excluding steroid dienone is 4. The Morgan fingerprint density at radius 1 is 1.39 bits per heavy atom. The molecule has 0 atom stereocenters. The molecule has 0 spiro atoms. The van der Waals surface area contributed by atoms with Crippen LogP contribution in [0.25, 0.3) is 5.57 Å². The van der Waals surface area contributed by atoms with Gasteiger partial charge in [-0.25, -0.2) is 0 Å². The molecule has 3 rings (SSSR count). The zero-order valence-corrected chi connectivity index (χ0v) is 10.2. The highest BCUT2D eigenvalue weighted by atomic mass is 16.5. The Morgan fingerprint density at radius 2 is 2.28 bits per heavy atom. The molecule has 1 aromatic heterocycles. The molecule has 1 N–H and O–H groups in total. The highest BCUT2D eigenvalue weighted by molar-refractivity contribution is 5.92. The third-order valence-electron chi connectivity index (χ3n) is 3.47. The van der Waals surface area contributed by atoms with Gasteiger partial charge in [-0.05, 0) is 37.7 Å². The largest absolute Gasteiger partial charge is 0.350 e. The Bertz CT molecular complexity index is 510. The first-order valence-corrected chi connectivity index (χ1v) is 6.47. The lowest BCUT2D eigenvalue weighted by atomic mass is 9.93. The van der Waals surface area contributed by atoms with E-state index in [9.17, 15) is 4.79 Å². The van der Waals surface area contributed by atoms with Gasteiger partial charge < -0.3 is 9.84 Å². The van der Waals surface area contributed by atoms with E-state index in [0.717, 1.165) is 37.0 Å². The number of amides is 1. The van der Waals surface area contributed by atoms with Crippen LogP contribution in [-0.4, -0.2) is 17.1 Å². The molecule has 2 aliphatic carbocycles. The van der Waals surface area contributed by atoms with Crippen molar-refractivity contribution in [2.24, 2.45) is 0 Å². The van der Waals surface area contributed by atoms with Gasteiger partial charge in [-0.2, -0.15) is 0 Å². The van der Waals surface area contributed by atoms with Gasteiger partial charge in [-0.3, -0.25) is 4.79 Å². The normalized spacial score (nSPS) is 19.2. The maximum Gasteiger partial charge on any atom is 0.290 e. The van der Waals surface area contributed by atoms with Crippen molar-refractivity contribution in [3.63, 3.8) is 0 Å². The van der Waals surface area contributed by atoms with Gasteiger partial charge in [-0.15, -0.1) is 0 Å². The lowest BCUT2D eigenvalue weighted by Gasteiger charge is -2.25. The third-order valence-corrected chi connectivity index (χ3v) is 3.47. The number of hydrogen-bond acceptors (Lipinski definition) is 3. The number of rotatable bonds is 3. The maximum atomic E-state index is 11.9. The average Bonchev–Trinajstić information content (AvgIpc) is 2.84. The van der Waals surface area contributed by atoms with Gasteiger partial charge in [-0.1, -0.05) is 23.4 Å². The minimum atomic E-state index is -0.154. The Balaban J connectivity index is 1.70. The number of nitrogens with one attached hydrogen (secondary N) is 1. The second-order valence-electron chi connectivity index (χ2n) is 4.82. The van der Waals surface area contributed by atoms with Crippen molar-refractivity contribution >= 4 is 11.5 Å². The molecular weight excluding hydrogens is 228 g/mol. The second-order valence-corrected chi connectivity index (χ2v) is 4.82. The molecule has 0 radical (unpaired) electrons. The first kappa shape index (κ1) is 11.3. The fourth-order valence-corrected chi connectivity index (χ4v) is 2.13. The molecule has 94 valence electrons. The van der Waals surface area contributed by atoms with E-state index in [1.54, 1.807) is 6.07 Å². The van der Waals surface area contributed by atoms with E-state index in [1.807, 2.05) is 6.08 Å². The van der Waals surface area contributed by atoms with Crippen LogP contribution in [-0.2, 0) is 0 Å². The van der Waals surface area contributed by atoms with Crippen LogP contribution in [0.15, 0.2) is 28.8 Å². The zero-order chi connectivity index (χ0) is 12.4. The summed E-state index contributed by atoms with van der Waals surface area (Å²) in [6.07, 6.45) is 11.7. The maximum absolute atomic E-state index is 11.9. The number of carbonyl (C=O) groups is 1. The minimum absolute atomic E-state index is 0.154. The van der Waals surface area contributed by atoms with E-state index in [4.69, 9.17) is 4.52 Å². The van der Waals surface area contributed by atoms with Crippen LogP contribution < -0.4 is 5.32 Å². The fourth-order valence-electron chi connectivity index (χ4n) is 2.13. The lowest BCUT2D eigenvalue weighted by Crippen LogP contribution is -2.39. The van der Waals surface area contributed by atoms with Gasteiger partial charge in [0.05, 0.1) is 0 Å². The number of carbonyl (C=O) groups excluding carboxylic acids is 1. The number of hydrogen-bond donors (Lipinski definition) is 1. The SMILES string of the molecule is O=C(NC1CCC1)c1cc(C2=CCCC=C2)no1. The lowest BCUT2D eigenvalue weighted by molar-refractivity contribution is 0.0879. The Labute approximate surface area is 106 Å². The molecule has 1 amide bonds. The zero-order valence-electron chi connectivity index (χ0n) is 10.2. The standard InChI is InChI=1S/C14H16N2O2/c17-14(15-11-7-4-8-11)13-9-12(16-18-13)10-5-2-1-3-6-10/h2,5-6,9,11H,1,3-4,7-8H2,(H,15,17). The molecule has 1 heterocycles. The van der Waals surface area contributed by atoms with Crippen LogP contribution in [0.1, 0.15) is 48.4 Å². The van der Waals surface area contributed by atoms with E-state index in [0.29, 0.717) is 11.8 Å². The third kappa shape index (κ3) is 2.23. The van der Waals surface area contributed by atoms with Crippen molar-refractivity contribution < 1.29 is 9.32 Å². The van der Waals surface area contributed by atoms with E-state index in [-0.39, 0.29) is 5.91 Å². The predicted octanol–water partition coefficient (Wildman–Crippen LogP) is 2.69. The van der Waals surface area contributed by atoms with Gasteiger partial charge in [0.25, 0.3) is 5.91 Å². The van der Waals surface area contributed by atoms with Gasteiger partial charge in [0.2, 0.25) is 5.76 Å². The molecule has 0 bridgehead atoms. The smallest absolute Gasteiger partial charge is 0.290 e. The summed E-state index contributed by atoms with van der Waals surface area (Å²) >= 11 is 0. The molecule has 0 aromatic carbocycles. The topological polar surface area (TPSA) is 55.1 Å². The van der Waals surface area contributed by atoms with E-state index in [1.165, 1.54) is 6.42 Å². The number of aromatic nitrogens is 1. The predicted molar refractivity (Wildman–Crippen MR) is 68.0 cm³/mol. The van der Waals surface area contributed by atoms with Crippen molar-refractivity contribution in [3.05, 3.63) is 35.7 Å². The summed E-state index contributed by atoms with van der Waals surface area (Å²) in [5, 5.41) is 6.90. The fraction of sp³-hybridized carbons (Fsp3) is 0.429. The highest BCUT2D eigenvalue weighted by Gasteiger charge is 2.22. The van der Waals surface area contributed by atoms with E-state index in [2.05, 4.69) is 22.6 Å². The second kappa shape index (κ2) is 4.80. The molecule has 4 heteroatoms. The summed E-state index contributed by atoms with van der Waals surface area (Å²) in [5.74, 6) is 0.149. The monoisotopic (exact) mass is 244 g/mol. The van der Waals surface area contributed by atoms with Crippen LogP contribution in [0.3, 0.4) is 0 Å². The molecule has 2 aliphatic rings. The van der Waals surface area contributed by atoms with Crippen molar-refractivity contribution in [2.45, 2.75) is 38.1 Å². The van der Waals surface area contributed by atoms with Crippen molar-refractivity contribution in [2.75, 3.05) is 0 Å². The minimum Gasteiger partial charge on any atom is -0.350 e. The first-order chi connectivity index (χ1) is 8.83. The Morgan fingerprint density at radius 3 is 2.94 bits per heavy atom. The quantitative estimate of drug-likeness (QED) is 0.889. The Hall–Kier alpha value is -1.84. The van der Waals surface area contributed by atoms with Crippen LogP contribution in [0, 0.1) is 0 Å². The first-order valence-electron chi connectivity index (χ1n) is 6.47. The van der Waals surface area contributed by atoms with Gasteiger partial charge in [0.15, 0.2) is 0 Å². The molecule has 1 saturated carbocycles. The molecule has 0 unspecified atom stereocenters. The van der Waals surface area contributed by atoms with Crippen molar-refractivity contribution in [1.82, 2.24) is 10.5 Å². The summed E-state index contributed by atoms with van der Waals surface area (Å²) in [4.78, 5) is 11.9. The molecule has 1 fully saturated rings. The Kier molecular flexibility index (Phi) is 3.00. The molecule has 18 heavy (non-hydrogen) atoms. The van der Waals surface area contributed by atoms with E-state index < -0.39 is 0 Å². The average molecular weight is 244 g/mol. The van der Waals surface area contributed by atoms with Crippen LogP contribution >= 0.6 is 0 Å². The van der Waals surface area contributed by atoms with Crippen LogP contribution in [0.5, 0.6) is 0 Å². The van der Waals surface area contributed by atoms with Crippen LogP contribution in [0.4, 0.5) is 0 Å². The van der Waals surface area contributed by atoms with Gasteiger partial charge in [0.1, 0.15) is 5.69 Å². The van der Waals surface area contributed by atoms with Crippen LogP contribution in [0.2, 0.25) is 0 Å². The summed E-state index contributed by atoms with van der Waals surface area (Å²) < 4.78 is 5.11. The highest BCUT2D eigenvalue weighted by Crippen LogP contribution is 2.22. The molecule has 0 saturated heterocycles. The molecule has 1 aromatic rings. The number of nitrogens with zero attached hydrogens (tertiary/aromatic N) is 1. The van der Waals surface area contributed by atoms with Gasteiger partial charge in [0, 0.05) is 12.1 Å². The summed E-state index contributed by atoms with van der Waals surface area (Å²) in [6.45, 7) is 0. The summed E-state index contributed by atoms with van der Waals surface area (Å²) in [7, 11) is 0. The van der Waals surface area contributed by atoms with E-state index >= 15 is 0 Å². The van der Waals surface area contributed by atoms with Gasteiger partial charge >= 0.3 is 0 Å².